The summed E-state index contributed by atoms with van der Waals surface area (Å²) in [5, 5.41) is 3.47. The van der Waals surface area contributed by atoms with Crippen molar-refractivity contribution in [1.29, 1.82) is 0 Å². The monoisotopic (exact) mass is 366 g/mol. The van der Waals surface area contributed by atoms with E-state index in [1.54, 1.807) is 16.4 Å². The highest BCUT2D eigenvalue weighted by molar-refractivity contribution is 7.89. The number of piperazine rings is 1. The number of pyridine rings is 1. The molecule has 1 aromatic heterocycles. The van der Waals surface area contributed by atoms with Gasteiger partial charge in [0.1, 0.15) is 10.7 Å². The number of sulfonamides is 1. The van der Waals surface area contributed by atoms with Crippen LogP contribution in [0.1, 0.15) is 39.5 Å². The second-order valence-electron chi connectivity index (χ2n) is 8.19. The summed E-state index contributed by atoms with van der Waals surface area (Å²) >= 11 is 0. The van der Waals surface area contributed by atoms with E-state index in [4.69, 9.17) is 0 Å². The second kappa shape index (κ2) is 7.21. The molecular weight excluding hydrogens is 336 g/mol. The summed E-state index contributed by atoms with van der Waals surface area (Å²) in [4.78, 5) is 6.79. The molecule has 3 rings (SSSR count). The molecule has 1 N–H and O–H groups in total. The van der Waals surface area contributed by atoms with Gasteiger partial charge in [-0.25, -0.2) is 13.4 Å². The van der Waals surface area contributed by atoms with Crippen molar-refractivity contribution in [2.45, 2.75) is 50.5 Å². The van der Waals surface area contributed by atoms with Gasteiger partial charge in [0.25, 0.3) is 0 Å². The molecule has 0 radical (unpaired) electrons. The number of hydrogen-bond donors (Lipinski definition) is 1. The molecule has 1 aliphatic carbocycles. The van der Waals surface area contributed by atoms with Gasteiger partial charge in [0, 0.05) is 38.4 Å². The average molecular weight is 367 g/mol. The summed E-state index contributed by atoms with van der Waals surface area (Å²) < 4.78 is 27.0. The number of hydrogen-bond acceptors (Lipinski definition) is 5. The van der Waals surface area contributed by atoms with Crippen molar-refractivity contribution in [2.75, 3.05) is 38.5 Å². The highest BCUT2D eigenvalue weighted by Gasteiger charge is 2.29. The first kappa shape index (κ1) is 18.6. The van der Waals surface area contributed by atoms with Crippen LogP contribution in [0.5, 0.6) is 0 Å². The lowest BCUT2D eigenvalue weighted by Gasteiger charge is -2.35. The Morgan fingerprint density at radius 1 is 1.20 bits per heavy atom. The van der Waals surface area contributed by atoms with Gasteiger partial charge in [0.15, 0.2) is 0 Å². The highest BCUT2D eigenvalue weighted by Crippen LogP contribution is 2.36. The first-order chi connectivity index (χ1) is 11.8. The maximum atomic E-state index is 12.7. The molecule has 1 aliphatic heterocycles. The molecule has 1 unspecified atom stereocenters. The zero-order chi connectivity index (χ0) is 18.1. The lowest BCUT2D eigenvalue weighted by Crippen LogP contribution is -2.47. The van der Waals surface area contributed by atoms with Gasteiger partial charge in [0.05, 0.1) is 0 Å². The Morgan fingerprint density at radius 3 is 2.52 bits per heavy atom. The van der Waals surface area contributed by atoms with Crippen molar-refractivity contribution in [2.24, 2.45) is 5.41 Å². The van der Waals surface area contributed by atoms with E-state index in [1.165, 1.54) is 19.0 Å². The van der Waals surface area contributed by atoms with Crippen LogP contribution in [0.2, 0.25) is 0 Å². The van der Waals surface area contributed by atoms with E-state index in [1.807, 2.05) is 7.05 Å². The van der Waals surface area contributed by atoms with E-state index in [0.717, 1.165) is 31.7 Å². The predicted octanol–water partition coefficient (Wildman–Crippen LogP) is 2.40. The molecule has 140 valence electrons. The fourth-order valence-corrected chi connectivity index (χ4v) is 5.19. The summed E-state index contributed by atoms with van der Waals surface area (Å²) in [6.45, 7) is 7.22. The highest BCUT2D eigenvalue weighted by atomic mass is 32.2. The van der Waals surface area contributed by atoms with Gasteiger partial charge in [-0.3, -0.25) is 0 Å². The fourth-order valence-electron chi connectivity index (χ4n) is 3.83. The minimum Gasteiger partial charge on any atom is -0.367 e. The molecule has 1 saturated carbocycles. The van der Waals surface area contributed by atoms with E-state index in [2.05, 4.69) is 29.0 Å². The summed E-state index contributed by atoms with van der Waals surface area (Å²) in [6.07, 6.45) is 6.24. The fraction of sp³-hybridized carbons (Fsp3) is 0.722. The summed E-state index contributed by atoms with van der Waals surface area (Å²) in [7, 11) is -1.43. The maximum absolute atomic E-state index is 12.7. The molecule has 1 aromatic rings. The second-order valence-corrected chi connectivity index (χ2v) is 10.1. The SMILES string of the molecule is CN1CCN(S(=O)(=O)c2ccc(NC3CCCC(C)(C)C3)nc2)CC1. The van der Waals surface area contributed by atoms with Crippen LogP contribution >= 0.6 is 0 Å². The van der Waals surface area contributed by atoms with Gasteiger partial charge in [-0.2, -0.15) is 4.31 Å². The van der Waals surface area contributed by atoms with E-state index in [0.29, 0.717) is 24.5 Å². The lowest BCUT2D eigenvalue weighted by molar-refractivity contribution is 0.222. The number of rotatable bonds is 4. The topological polar surface area (TPSA) is 65.5 Å². The Morgan fingerprint density at radius 2 is 1.92 bits per heavy atom. The van der Waals surface area contributed by atoms with Crippen LogP contribution in [0.4, 0.5) is 5.82 Å². The van der Waals surface area contributed by atoms with Crippen LogP contribution in [0.3, 0.4) is 0 Å². The summed E-state index contributed by atoms with van der Waals surface area (Å²) in [5.41, 5.74) is 0.362. The van der Waals surface area contributed by atoms with E-state index in [-0.39, 0.29) is 4.90 Å². The molecule has 6 nitrogen and oxygen atoms in total. The Kier molecular flexibility index (Phi) is 5.37. The molecule has 1 saturated heterocycles. The Balaban J connectivity index is 1.65. The third-order valence-corrected chi connectivity index (χ3v) is 7.28. The predicted molar refractivity (Wildman–Crippen MR) is 100 cm³/mol. The van der Waals surface area contributed by atoms with Crippen LogP contribution in [-0.2, 0) is 10.0 Å². The zero-order valence-corrected chi connectivity index (χ0v) is 16.3. The number of likely N-dealkylation sites (N-methyl/N-ethyl adjacent to an activating group) is 1. The Labute approximate surface area is 151 Å². The van der Waals surface area contributed by atoms with Gasteiger partial charge in [-0.1, -0.05) is 20.3 Å². The molecule has 25 heavy (non-hydrogen) atoms. The first-order valence-corrected chi connectivity index (χ1v) is 10.6. The van der Waals surface area contributed by atoms with E-state index < -0.39 is 10.0 Å². The van der Waals surface area contributed by atoms with Crippen LogP contribution in [0.15, 0.2) is 23.2 Å². The lowest BCUT2D eigenvalue weighted by atomic mass is 9.75. The van der Waals surface area contributed by atoms with Crippen molar-refractivity contribution < 1.29 is 8.42 Å². The van der Waals surface area contributed by atoms with Crippen molar-refractivity contribution in [3.05, 3.63) is 18.3 Å². The largest absolute Gasteiger partial charge is 0.367 e. The molecule has 0 spiro atoms. The number of aromatic nitrogens is 1. The molecule has 0 bridgehead atoms. The van der Waals surface area contributed by atoms with Gasteiger partial charge in [0.2, 0.25) is 10.0 Å². The summed E-state index contributed by atoms with van der Waals surface area (Å²) in [6, 6.07) is 3.89. The van der Waals surface area contributed by atoms with Gasteiger partial charge in [-0.05, 0) is 43.9 Å². The molecule has 2 heterocycles. The quantitative estimate of drug-likeness (QED) is 0.886. The molecule has 7 heteroatoms. The minimum absolute atomic E-state index is 0.284. The maximum Gasteiger partial charge on any atom is 0.244 e. The van der Waals surface area contributed by atoms with E-state index in [9.17, 15) is 8.42 Å². The minimum atomic E-state index is -3.44. The smallest absolute Gasteiger partial charge is 0.244 e. The van der Waals surface area contributed by atoms with Crippen LogP contribution in [0.25, 0.3) is 0 Å². The van der Waals surface area contributed by atoms with Crippen LogP contribution < -0.4 is 5.32 Å². The third-order valence-electron chi connectivity index (χ3n) is 5.39. The van der Waals surface area contributed by atoms with Crippen molar-refractivity contribution in [1.82, 2.24) is 14.2 Å². The molecule has 0 aromatic carbocycles. The average Bonchev–Trinajstić information content (AvgIpc) is 2.55. The molecule has 1 atom stereocenters. The standard InChI is InChI=1S/C18H30N4O2S/c1-18(2)8-4-5-15(13-18)20-17-7-6-16(14-19-17)25(23,24)22-11-9-21(3)10-12-22/h6-7,14-15H,4-5,8-13H2,1-3H3,(H,19,20). The Hall–Kier alpha value is -1.18. The van der Waals surface area contributed by atoms with Crippen LogP contribution in [0, 0.1) is 5.41 Å². The van der Waals surface area contributed by atoms with Gasteiger partial charge < -0.3 is 10.2 Å². The van der Waals surface area contributed by atoms with Crippen molar-refractivity contribution >= 4 is 15.8 Å². The molecule has 2 fully saturated rings. The number of nitrogens with zero attached hydrogens (tertiary/aromatic N) is 3. The molecule has 2 aliphatic rings. The van der Waals surface area contributed by atoms with Gasteiger partial charge in [-0.15, -0.1) is 0 Å². The zero-order valence-electron chi connectivity index (χ0n) is 15.5. The van der Waals surface area contributed by atoms with Crippen LogP contribution in [-0.4, -0.2) is 61.9 Å². The Bertz CT molecular complexity index is 680. The normalized spacial score (nSPS) is 25.6. The van der Waals surface area contributed by atoms with Gasteiger partial charge >= 0.3 is 0 Å². The number of anilines is 1. The molecular formula is C18H30N4O2S. The summed E-state index contributed by atoms with van der Waals surface area (Å²) in [5.74, 6) is 0.764. The van der Waals surface area contributed by atoms with Crippen molar-refractivity contribution in [3.8, 4) is 0 Å². The van der Waals surface area contributed by atoms with E-state index >= 15 is 0 Å². The van der Waals surface area contributed by atoms with Crippen molar-refractivity contribution in [3.63, 3.8) is 0 Å². The third kappa shape index (κ3) is 4.51. The number of nitrogens with one attached hydrogen (secondary N) is 1. The molecule has 0 amide bonds. The first-order valence-electron chi connectivity index (χ1n) is 9.18.